The number of carbonyl (C=O) groups is 1. The van der Waals surface area contributed by atoms with Gasteiger partial charge in [0.25, 0.3) is 0 Å². The molecule has 1 amide bonds. The lowest BCUT2D eigenvalue weighted by molar-refractivity contribution is -0.113. The number of carbonyl (C=O) groups excluding carboxylic acids is 1. The summed E-state index contributed by atoms with van der Waals surface area (Å²) in [6, 6.07) is 6.09. The first-order valence-corrected chi connectivity index (χ1v) is 9.90. The fourth-order valence-electron chi connectivity index (χ4n) is 1.94. The molecular weight excluding hydrogens is 334 g/mol. The topological polar surface area (TPSA) is 54.9 Å². The largest absolute Gasteiger partial charge is 0.325 e. The first-order chi connectivity index (χ1) is 10.6. The number of amides is 1. The van der Waals surface area contributed by atoms with Crippen molar-refractivity contribution in [3.05, 3.63) is 29.3 Å². The van der Waals surface area contributed by atoms with Crippen LogP contribution in [-0.2, 0) is 11.2 Å². The Labute approximate surface area is 143 Å². The van der Waals surface area contributed by atoms with E-state index in [4.69, 9.17) is 0 Å². The van der Waals surface area contributed by atoms with Gasteiger partial charge in [0.15, 0.2) is 8.68 Å². The lowest BCUT2D eigenvalue weighted by Crippen LogP contribution is -2.16. The first-order valence-electron chi connectivity index (χ1n) is 7.11. The number of nitrogens with zero attached hydrogens (tertiary/aromatic N) is 2. The Hall–Kier alpha value is -1.05. The van der Waals surface area contributed by atoms with E-state index < -0.39 is 0 Å². The van der Waals surface area contributed by atoms with E-state index in [0.29, 0.717) is 5.75 Å². The van der Waals surface area contributed by atoms with Gasteiger partial charge in [-0.05, 0) is 30.2 Å². The molecule has 0 saturated carbocycles. The summed E-state index contributed by atoms with van der Waals surface area (Å²) in [5.41, 5.74) is 3.20. The smallest absolute Gasteiger partial charge is 0.234 e. The highest BCUT2D eigenvalue weighted by atomic mass is 32.2. The minimum absolute atomic E-state index is 0.00565. The number of thioether (sulfide) groups is 2. The molecule has 2 rings (SSSR count). The fourth-order valence-corrected chi connectivity index (χ4v) is 4.66. The van der Waals surface area contributed by atoms with Crippen LogP contribution in [0.5, 0.6) is 0 Å². The molecule has 0 bridgehead atoms. The highest BCUT2D eigenvalue weighted by molar-refractivity contribution is 8.03. The number of rotatable bonds is 7. The van der Waals surface area contributed by atoms with Crippen LogP contribution in [0.2, 0.25) is 0 Å². The quantitative estimate of drug-likeness (QED) is 0.754. The zero-order valence-electron chi connectivity index (χ0n) is 12.9. The Bertz CT molecular complexity index is 643. The van der Waals surface area contributed by atoms with E-state index in [1.165, 1.54) is 11.8 Å². The van der Waals surface area contributed by atoms with Crippen molar-refractivity contribution in [3.63, 3.8) is 0 Å². The Kier molecular flexibility index (Phi) is 6.72. The van der Waals surface area contributed by atoms with Crippen molar-refractivity contribution in [2.75, 3.05) is 16.8 Å². The van der Waals surface area contributed by atoms with Crippen molar-refractivity contribution >= 4 is 46.5 Å². The van der Waals surface area contributed by atoms with Gasteiger partial charge < -0.3 is 5.32 Å². The monoisotopic (exact) mass is 353 g/mol. The van der Waals surface area contributed by atoms with Gasteiger partial charge in [-0.3, -0.25) is 4.79 Å². The predicted octanol–water partition coefficient (Wildman–Crippen LogP) is 4.25. The number of aromatic nitrogens is 2. The molecule has 2 aromatic rings. The third kappa shape index (κ3) is 4.72. The van der Waals surface area contributed by atoms with Gasteiger partial charge in [0.1, 0.15) is 0 Å². The molecule has 0 aliphatic carbocycles. The molecule has 0 unspecified atom stereocenters. The number of hydrogen-bond acceptors (Lipinski definition) is 6. The van der Waals surface area contributed by atoms with Crippen molar-refractivity contribution < 1.29 is 4.79 Å². The van der Waals surface area contributed by atoms with Crippen molar-refractivity contribution in [1.82, 2.24) is 10.2 Å². The van der Waals surface area contributed by atoms with Gasteiger partial charge in [0.2, 0.25) is 5.91 Å². The highest BCUT2D eigenvalue weighted by Gasteiger charge is 2.11. The second kappa shape index (κ2) is 8.55. The van der Waals surface area contributed by atoms with Gasteiger partial charge in [0.05, 0.1) is 5.75 Å². The SMILES string of the molecule is CCSc1nnc(SCC(=O)Nc2c(C)cccc2CC)s1. The van der Waals surface area contributed by atoms with Crippen LogP contribution in [0.3, 0.4) is 0 Å². The van der Waals surface area contributed by atoms with Crippen molar-refractivity contribution in [2.45, 2.75) is 35.9 Å². The molecular formula is C15H19N3OS3. The molecule has 0 saturated heterocycles. The molecule has 4 nitrogen and oxygen atoms in total. The first kappa shape index (κ1) is 17.3. The number of hydrogen-bond donors (Lipinski definition) is 1. The summed E-state index contributed by atoms with van der Waals surface area (Å²) in [4.78, 5) is 12.2. The molecule has 0 atom stereocenters. The number of benzene rings is 1. The summed E-state index contributed by atoms with van der Waals surface area (Å²) in [5.74, 6) is 1.32. The van der Waals surface area contributed by atoms with Crippen molar-refractivity contribution in [3.8, 4) is 0 Å². The lowest BCUT2D eigenvalue weighted by atomic mass is 10.1. The summed E-state index contributed by atoms with van der Waals surface area (Å²) in [6.07, 6.45) is 0.901. The fraction of sp³-hybridized carbons (Fsp3) is 0.400. The van der Waals surface area contributed by atoms with Crippen LogP contribution in [0, 0.1) is 6.92 Å². The van der Waals surface area contributed by atoms with Crippen molar-refractivity contribution in [1.29, 1.82) is 0 Å². The Balaban J connectivity index is 1.93. The van der Waals surface area contributed by atoms with Gasteiger partial charge in [-0.25, -0.2) is 0 Å². The third-order valence-corrected chi connectivity index (χ3v) is 6.06. The Morgan fingerprint density at radius 3 is 2.64 bits per heavy atom. The summed E-state index contributed by atoms with van der Waals surface area (Å²) in [5, 5.41) is 11.2. The summed E-state index contributed by atoms with van der Waals surface area (Å²) in [7, 11) is 0. The average Bonchev–Trinajstić information content (AvgIpc) is 2.95. The van der Waals surface area contributed by atoms with Crippen LogP contribution in [0.25, 0.3) is 0 Å². The normalized spacial score (nSPS) is 10.7. The molecule has 1 N–H and O–H groups in total. The van der Waals surface area contributed by atoms with Gasteiger partial charge in [-0.1, -0.05) is 66.9 Å². The number of para-hydroxylation sites is 1. The zero-order valence-corrected chi connectivity index (χ0v) is 15.3. The summed E-state index contributed by atoms with van der Waals surface area (Å²) >= 11 is 4.64. The minimum atomic E-state index is -0.00565. The van der Waals surface area contributed by atoms with Crippen LogP contribution >= 0.6 is 34.9 Å². The summed E-state index contributed by atoms with van der Waals surface area (Å²) < 4.78 is 1.80. The maximum Gasteiger partial charge on any atom is 0.234 e. The van der Waals surface area contributed by atoms with Gasteiger partial charge in [-0.2, -0.15) is 0 Å². The number of nitrogens with one attached hydrogen (secondary N) is 1. The molecule has 0 aliphatic heterocycles. The van der Waals surface area contributed by atoms with Gasteiger partial charge >= 0.3 is 0 Å². The Morgan fingerprint density at radius 1 is 1.23 bits per heavy atom. The number of aryl methyl sites for hydroxylation is 2. The molecule has 0 fully saturated rings. The lowest BCUT2D eigenvalue weighted by Gasteiger charge is -2.12. The van der Waals surface area contributed by atoms with Crippen LogP contribution in [0.4, 0.5) is 5.69 Å². The second-order valence-corrected chi connectivity index (χ2v) is 8.28. The highest BCUT2D eigenvalue weighted by Crippen LogP contribution is 2.29. The molecule has 1 aromatic heterocycles. The van der Waals surface area contributed by atoms with E-state index >= 15 is 0 Å². The van der Waals surface area contributed by atoms with E-state index in [1.54, 1.807) is 23.1 Å². The van der Waals surface area contributed by atoms with Gasteiger partial charge in [-0.15, -0.1) is 10.2 Å². The van der Waals surface area contributed by atoms with Crippen LogP contribution < -0.4 is 5.32 Å². The molecule has 1 heterocycles. The number of anilines is 1. The van der Waals surface area contributed by atoms with Crippen LogP contribution in [-0.4, -0.2) is 27.6 Å². The van der Waals surface area contributed by atoms with E-state index in [2.05, 4.69) is 35.4 Å². The molecule has 118 valence electrons. The molecule has 0 spiro atoms. The Morgan fingerprint density at radius 2 is 1.95 bits per heavy atom. The third-order valence-electron chi connectivity index (χ3n) is 2.99. The summed E-state index contributed by atoms with van der Waals surface area (Å²) in [6.45, 7) is 6.19. The van der Waals surface area contributed by atoms with E-state index in [1.807, 2.05) is 19.1 Å². The van der Waals surface area contributed by atoms with Gasteiger partial charge in [0, 0.05) is 5.69 Å². The van der Waals surface area contributed by atoms with Crippen LogP contribution in [0.15, 0.2) is 26.9 Å². The maximum atomic E-state index is 12.2. The molecule has 7 heteroatoms. The molecule has 22 heavy (non-hydrogen) atoms. The molecule has 0 radical (unpaired) electrons. The molecule has 0 aliphatic rings. The predicted molar refractivity (Wildman–Crippen MR) is 96.2 cm³/mol. The van der Waals surface area contributed by atoms with E-state index in [-0.39, 0.29) is 5.91 Å². The van der Waals surface area contributed by atoms with E-state index in [9.17, 15) is 4.79 Å². The minimum Gasteiger partial charge on any atom is -0.325 e. The zero-order chi connectivity index (χ0) is 15.9. The standard InChI is InChI=1S/C15H19N3OS3/c1-4-11-8-6-7-10(3)13(11)16-12(19)9-21-15-18-17-14(22-15)20-5-2/h6-8H,4-5,9H2,1-3H3,(H,16,19). The maximum absolute atomic E-state index is 12.2. The van der Waals surface area contributed by atoms with Crippen LogP contribution in [0.1, 0.15) is 25.0 Å². The van der Waals surface area contributed by atoms with E-state index in [0.717, 1.165) is 37.7 Å². The second-order valence-electron chi connectivity index (χ2n) is 4.57. The molecule has 1 aromatic carbocycles. The van der Waals surface area contributed by atoms with Crippen molar-refractivity contribution in [2.24, 2.45) is 0 Å². The average molecular weight is 354 g/mol.